The summed E-state index contributed by atoms with van der Waals surface area (Å²) in [5, 5.41) is 0. The number of hydrogen-bond donors (Lipinski definition) is 2. The minimum atomic E-state index is -0.492. The second-order valence-electron chi connectivity index (χ2n) is 4.72. The van der Waals surface area contributed by atoms with Crippen molar-refractivity contribution < 1.29 is 8.78 Å². The van der Waals surface area contributed by atoms with Gasteiger partial charge in [0.1, 0.15) is 17.5 Å². The van der Waals surface area contributed by atoms with Gasteiger partial charge >= 0.3 is 0 Å². The molecular weight excluding hydrogens is 248 g/mol. The number of aromatic nitrogens is 2. The lowest BCUT2D eigenvalue weighted by atomic mass is 10.00. The predicted octanol–water partition coefficient (Wildman–Crippen LogP) is 3.40. The lowest BCUT2D eigenvalue weighted by Crippen LogP contribution is -2.19. The molecule has 2 aromatic rings. The number of aromatic amines is 1. The van der Waals surface area contributed by atoms with Gasteiger partial charge in [0, 0.05) is 5.56 Å². The van der Waals surface area contributed by atoms with Gasteiger partial charge in [0.2, 0.25) is 0 Å². The summed E-state index contributed by atoms with van der Waals surface area (Å²) < 4.78 is 26.8. The highest BCUT2D eigenvalue weighted by atomic mass is 19.1. The molecule has 0 aliphatic rings. The maximum Gasteiger partial charge on any atom is 0.132 e. The van der Waals surface area contributed by atoms with Gasteiger partial charge in [0.05, 0.1) is 17.9 Å². The fourth-order valence-electron chi connectivity index (χ4n) is 1.87. The Morgan fingerprint density at radius 1 is 1.37 bits per heavy atom. The molecule has 2 unspecified atom stereocenters. The van der Waals surface area contributed by atoms with E-state index >= 15 is 0 Å². The number of nitrogens with zero attached hydrogens (tertiary/aromatic N) is 1. The first-order chi connectivity index (χ1) is 9.02. The average Bonchev–Trinajstić information content (AvgIpc) is 2.89. The lowest BCUT2D eigenvalue weighted by molar-refractivity contribution is 0.441. The number of nitrogens with one attached hydrogen (secondary N) is 1. The van der Waals surface area contributed by atoms with E-state index in [-0.39, 0.29) is 17.5 Å². The van der Waals surface area contributed by atoms with Crippen LogP contribution in [0.4, 0.5) is 8.78 Å². The number of imidazole rings is 1. The van der Waals surface area contributed by atoms with E-state index < -0.39 is 11.6 Å². The normalized spacial score (nSPS) is 14.4. The number of rotatable bonds is 4. The van der Waals surface area contributed by atoms with Crippen LogP contribution in [0.15, 0.2) is 24.4 Å². The van der Waals surface area contributed by atoms with Crippen LogP contribution in [-0.4, -0.2) is 9.97 Å². The van der Waals surface area contributed by atoms with E-state index in [1.165, 1.54) is 6.20 Å². The molecule has 0 radical (unpaired) electrons. The molecule has 102 valence electrons. The van der Waals surface area contributed by atoms with Crippen molar-refractivity contribution in [3.8, 4) is 11.3 Å². The molecule has 0 aliphatic carbocycles. The summed E-state index contributed by atoms with van der Waals surface area (Å²) in [6.07, 6.45) is 2.40. The van der Waals surface area contributed by atoms with Gasteiger partial charge in [-0.1, -0.05) is 20.3 Å². The van der Waals surface area contributed by atoms with Crippen LogP contribution in [0.2, 0.25) is 0 Å². The summed E-state index contributed by atoms with van der Waals surface area (Å²) in [5.74, 6) is -0.128. The third-order valence-electron chi connectivity index (χ3n) is 3.39. The van der Waals surface area contributed by atoms with Gasteiger partial charge in [-0.3, -0.25) is 0 Å². The molecule has 1 heterocycles. The lowest BCUT2D eigenvalue weighted by Gasteiger charge is -2.15. The molecule has 2 rings (SSSR count). The quantitative estimate of drug-likeness (QED) is 0.890. The molecular formula is C14H17F2N3. The minimum absolute atomic E-state index is 0.162. The molecule has 3 N–H and O–H groups in total. The molecule has 19 heavy (non-hydrogen) atoms. The van der Waals surface area contributed by atoms with Crippen molar-refractivity contribution in [1.82, 2.24) is 9.97 Å². The Morgan fingerprint density at radius 3 is 2.79 bits per heavy atom. The van der Waals surface area contributed by atoms with Crippen molar-refractivity contribution in [2.45, 2.75) is 26.3 Å². The van der Waals surface area contributed by atoms with E-state index in [9.17, 15) is 8.78 Å². The van der Waals surface area contributed by atoms with Crippen LogP contribution in [0.3, 0.4) is 0 Å². The first-order valence-electron chi connectivity index (χ1n) is 6.28. The Bertz CT molecular complexity index is 566. The molecule has 1 aromatic carbocycles. The summed E-state index contributed by atoms with van der Waals surface area (Å²) in [5.41, 5.74) is 6.64. The Kier molecular flexibility index (Phi) is 3.95. The minimum Gasteiger partial charge on any atom is -0.341 e. The molecule has 0 bridgehead atoms. The summed E-state index contributed by atoms with van der Waals surface area (Å²) >= 11 is 0. The fourth-order valence-corrected chi connectivity index (χ4v) is 1.87. The Morgan fingerprint density at radius 2 is 2.11 bits per heavy atom. The molecule has 5 heteroatoms. The van der Waals surface area contributed by atoms with Crippen molar-refractivity contribution in [3.63, 3.8) is 0 Å². The molecule has 3 nitrogen and oxygen atoms in total. The Balaban J connectivity index is 2.33. The largest absolute Gasteiger partial charge is 0.341 e. The molecule has 0 fully saturated rings. The number of benzene rings is 1. The first-order valence-corrected chi connectivity index (χ1v) is 6.28. The van der Waals surface area contributed by atoms with Crippen LogP contribution in [0.25, 0.3) is 11.3 Å². The van der Waals surface area contributed by atoms with E-state index in [1.807, 2.05) is 13.8 Å². The highest BCUT2D eigenvalue weighted by Gasteiger charge is 2.17. The standard InChI is InChI=1S/C14H17F2N3/c1-3-8(2)13(17)14-18-7-12(19-14)10-6-9(15)4-5-11(10)16/h4-8,13H,3,17H2,1-2H3,(H,18,19). The van der Waals surface area contributed by atoms with Gasteiger partial charge in [0.15, 0.2) is 0 Å². The van der Waals surface area contributed by atoms with Crippen molar-refractivity contribution in [3.05, 3.63) is 41.9 Å². The zero-order chi connectivity index (χ0) is 14.0. The van der Waals surface area contributed by atoms with Gasteiger partial charge < -0.3 is 10.7 Å². The molecule has 1 aromatic heterocycles. The monoisotopic (exact) mass is 265 g/mol. The van der Waals surface area contributed by atoms with Crippen molar-refractivity contribution >= 4 is 0 Å². The van der Waals surface area contributed by atoms with Crippen LogP contribution in [0.5, 0.6) is 0 Å². The fraction of sp³-hybridized carbons (Fsp3) is 0.357. The molecule has 0 saturated carbocycles. The van der Waals surface area contributed by atoms with E-state index in [1.54, 1.807) is 0 Å². The van der Waals surface area contributed by atoms with Crippen LogP contribution >= 0.6 is 0 Å². The number of halogens is 2. The summed E-state index contributed by atoms with van der Waals surface area (Å²) in [4.78, 5) is 7.13. The highest BCUT2D eigenvalue weighted by molar-refractivity contribution is 5.59. The van der Waals surface area contributed by atoms with Crippen LogP contribution in [-0.2, 0) is 0 Å². The summed E-state index contributed by atoms with van der Waals surface area (Å²) in [6, 6.07) is 3.08. The molecule has 0 saturated heterocycles. The van der Waals surface area contributed by atoms with E-state index in [4.69, 9.17) is 5.73 Å². The third kappa shape index (κ3) is 2.81. The molecule has 0 aliphatic heterocycles. The number of hydrogen-bond acceptors (Lipinski definition) is 2. The second-order valence-corrected chi connectivity index (χ2v) is 4.72. The average molecular weight is 265 g/mol. The maximum atomic E-state index is 13.6. The van der Waals surface area contributed by atoms with Crippen LogP contribution in [0, 0.1) is 17.6 Å². The van der Waals surface area contributed by atoms with Gasteiger partial charge in [0.25, 0.3) is 0 Å². The predicted molar refractivity (Wildman–Crippen MR) is 70.3 cm³/mol. The molecule has 0 amide bonds. The van der Waals surface area contributed by atoms with Crippen molar-refractivity contribution in [2.24, 2.45) is 11.7 Å². The summed E-state index contributed by atoms with van der Waals surface area (Å²) in [6.45, 7) is 4.07. The maximum absolute atomic E-state index is 13.6. The number of nitrogens with two attached hydrogens (primary N) is 1. The summed E-state index contributed by atoms with van der Waals surface area (Å²) in [7, 11) is 0. The third-order valence-corrected chi connectivity index (χ3v) is 3.39. The Labute approximate surface area is 110 Å². The highest BCUT2D eigenvalue weighted by Crippen LogP contribution is 2.25. The Hall–Kier alpha value is -1.75. The van der Waals surface area contributed by atoms with Crippen molar-refractivity contribution in [2.75, 3.05) is 0 Å². The van der Waals surface area contributed by atoms with E-state index in [2.05, 4.69) is 9.97 Å². The van der Waals surface area contributed by atoms with Gasteiger partial charge in [-0.15, -0.1) is 0 Å². The van der Waals surface area contributed by atoms with E-state index in [0.717, 1.165) is 24.6 Å². The topological polar surface area (TPSA) is 54.7 Å². The molecule has 2 atom stereocenters. The van der Waals surface area contributed by atoms with Crippen molar-refractivity contribution in [1.29, 1.82) is 0 Å². The van der Waals surface area contributed by atoms with E-state index in [0.29, 0.717) is 11.5 Å². The zero-order valence-corrected chi connectivity index (χ0v) is 11.0. The van der Waals surface area contributed by atoms with Crippen LogP contribution < -0.4 is 5.73 Å². The number of H-pyrrole nitrogens is 1. The smallest absolute Gasteiger partial charge is 0.132 e. The van der Waals surface area contributed by atoms with Crippen LogP contribution in [0.1, 0.15) is 32.1 Å². The zero-order valence-electron chi connectivity index (χ0n) is 11.0. The van der Waals surface area contributed by atoms with Gasteiger partial charge in [-0.2, -0.15) is 0 Å². The first kappa shape index (κ1) is 13.7. The second kappa shape index (κ2) is 5.48. The molecule has 0 spiro atoms. The SMILES string of the molecule is CCC(C)C(N)c1ncc(-c2cc(F)ccc2F)[nH]1. The van der Waals surface area contributed by atoms with Gasteiger partial charge in [-0.05, 0) is 24.1 Å². The van der Waals surface area contributed by atoms with Gasteiger partial charge in [-0.25, -0.2) is 13.8 Å².